The van der Waals surface area contributed by atoms with Crippen LogP contribution in [0.15, 0.2) is 72.3 Å². The number of hydrogen-bond donors (Lipinski definition) is 1. The molecule has 0 saturated carbocycles. The average Bonchev–Trinajstić information content (AvgIpc) is 3.40. The minimum absolute atomic E-state index is 0.00670. The number of aliphatic hydroxyl groups excluding tert-OH is 1. The molecule has 166 valence electrons. The molecule has 0 bridgehead atoms. The molecule has 3 aromatic rings. The van der Waals surface area contributed by atoms with Crippen LogP contribution in [0.2, 0.25) is 0 Å². The van der Waals surface area contributed by atoms with Crippen LogP contribution in [0.5, 0.6) is 17.2 Å². The van der Waals surface area contributed by atoms with E-state index < -0.39 is 17.7 Å². The van der Waals surface area contributed by atoms with E-state index in [9.17, 15) is 14.7 Å². The van der Waals surface area contributed by atoms with E-state index in [1.165, 1.54) is 12.0 Å². The molecule has 0 spiro atoms. The summed E-state index contributed by atoms with van der Waals surface area (Å²) in [7, 11) is 1.48. The van der Waals surface area contributed by atoms with Crippen molar-refractivity contribution in [2.45, 2.75) is 13.0 Å². The van der Waals surface area contributed by atoms with Crippen molar-refractivity contribution < 1.29 is 28.9 Å². The lowest BCUT2D eigenvalue weighted by Crippen LogP contribution is -2.29. The minimum atomic E-state index is -0.838. The Morgan fingerprint density at radius 1 is 1.00 bits per heavy atom. The molecule has 1 saturated heterocycles. The lowest BCUT2D eigenvalue weighted by molar-refractivity contribution is -0.132. The molecule has 1 amide bonds. The van der Waals surface area contributed by atoms with E-state index in [1.54, 1.807) is 42.5 Å². The van der Waals surface area contributed by atoms with Gasteiger partial charge in [0, 0.05) is 11.8 Å². The molecular formula is C26H21NO6. The fourth-order valence-electron chi connectivity index (χ4n) is 4.27. The summed E-state index contributed by atoms with van der Waals surface area (Å²) in [6, 6.07) is 18.6. The number of methoxy groups -OCH3 is 1. The average molecular weight is 443 g/mol. The lowest BCUT2D eigenvalue weighted by Gasteiger charge is -2.26. The van der Waals surface area contributed by atoms with Gasteiger partial charge in [0.25, 0.3) is 11.7 Å². The van der Waals surface area contributed by atoms with E-state index in [-0.39, 0.29) is 18.1 Å². The highest BCUT2D eigenvalue weighted by Gasteiger charge is 2.47. The first-order chi connectivity index (χ1) is 16.0. The number of carbonyl (C=O) groups excluding carboxylic acids is 2. The summed E-state index contributed by atoms with van der Waals surface area (Å²) in [5.74, 6) is -0.356. The van der Waals surface area contributed by atoms with Crippen LogP contribution in [0.4, 0.5) is 5.69 Å². The smallest absolute Gasteiger partial charge is 0.300 e. The minimum Gasteiger partial charge on any atom is -0.507 e. The van der Waals surface area contributed by atoms with Crippen LogP contribution in [0.25, 0.3) is 5.76 Å². The third-order valence-corrected chi connectivity index (χ3v) is 5.80. The van der Waals surface area contributed by atoms with E-state index >= 15 is 0 Å². The van der Waals surface area contributed by atoms with Gasteiger partial charge in [0.05, 0.1) is 24.3 Å². The monoisotopic (exact) mass is 443 g/mol. The van der Waals surface area contributed by atoms with Gasteiger partial charge in [-0.3, -0.25) is 14.5 Å². The van der Waals surface area contributed by atoms with Crippen LogP contribution >= 0.6 is 0 Å². The predicted octanol–water partition coefficient (Wildman–Crippen LogP) is 4.36. The van der Waals surface area contributed by atoms with Gasteiger partial charge in [-0.1, -0.05) is 42.0 Å². The molecule has 7 heteroatoms. The number of fused-ring (bicyclic) bond motifs is 1. The number of Topliss-reactive ketones (excluding diaryl/α,β-unsaturated/α-hetero) is 1. The second-order valence-corrected chi connectivity index (χ2v) is 7.82. The number of hydrogen-bond acceptors (Lipinski definition) is 6. The highest BCUT2D eigenvalue weighted by atomic mass is 16.7. The van der Waals surface area contributed by atoms with Crippen LogP contribution in [-0.2, 0) is 9.59 Å². The van der Waals surface area contributed by atoms with Gasteiger partial charge < -0.3 is 19.3 Å². The maximum absolute atomic E-state index is 13.3. The Bertz CT molecular complexity index is 1310. The number of ketones is 1. The first-order valence-corrected chi connectivity index (χ1v) is 10.4. The number of nitrogens with zero attached hydrogens (tertiary/aromatic N) is 1. The number of carbonyl (C=O) groups is 2. The maximum atomic E-state index is 13.3. The zero-order valence-electron chi connectivity index (χ0n) is 18.1. The molecule has 1 unspecified atom stereocenters. The summed E-state index contributed by atoms with van der Waals surface area (Å²) in [6.07, 6.45) is 0. The van der Waals surface area contributed by atoms with Crippen molar-refractivity contribution in [3.63, 3.8) is 0 Å². The quantitative estimate of drug-likeness (QED) is 0.366. The van der Waals surface area contributed by atoms with Crippen molar-refractivity contribution in [1.82, 2.24) is 0 Å². The third-order valence-electron chi connectivity index (χ3n) is 5.80. The summed E-state index contributed by atoms with van der Waals surface area (Å²) in [6.45, 7) is 2.02. The fourth-order valence-corrected chi connectivity index (χ4v) is 4.27. The molecule has 0 radical (unpaired) electrons. The number of ether oxygens (including phenoxy) is 3. The molecule has 2 heterocycles. The number of para-hydroxylation sites is 1. The Balaban J connectivity index is 1.74. The van der Waals surface area contributed by atoms with Gasteiger partial charge in [-0.25, -0.2) is 0 Å². The summed E-state index contributed by atoms with van der Waals surface area (Å²) < 4.78 is 16.2. The number of aryl methyl sites for hydroxylation is 1. The molecular weight excluding hydrogens is 422 g/mol. The van der Waals surface area contributed by atoms with Gasteiger partial charge in [-0.2, -0.15) is 0 Å². The van der Waals surface area contributed by atoms with Crippen molar-refractivity contribution >= 4 is 23.1 Å². The zero-order chi connectivity index (χ0) is 23.1. The Morgan fingerprint density at radius 2 is 1.79 bits per heavy atom. The molecule has 3 aromatic carbocycles. The predicted molar refractivity (Wildman–Crippen MR) is 122 cm³/mol. The second-order valence-electron chi connectivity index (χ2n) is 7.82. The van der Waals surface area contributed by atoms with E-state index in [0.717, 1.165) is 5.56 Å². The van der Waals surface area contributed by atoms with Gasteiger partial charge in [0.2, 0.25) is 6.79 Å². The van der Waals surface area contributed by atoms with Crippen molar-refractivity contribution in [1.29, 1.82) is 0 Å². The van der Waals surface area contributed by atoms with Gasteiger partial charge in [0.15, 0.2) is 11.5 Å². The normalized spacial score (nSPS) is 18.6. The topological polar surface area (TPSA) is 85.3 Å². The van der Waals surface area contributed by atoms with Crippen LogP contribution in [0.3, 0.4) is 0 Å². The lowest BCUT2D eigenvalue weighted by atomic mass is 9.94. The van der Waals surface area contributed by atoms with Crippen molar-refractivity contribution in [3.8, 4) is 17.2 Å². The van der Waals surface area contributed by atoms with E-state index in [2.05, 4.69) is 0 Å². The van der Waals surface area contributed by atoms with Gasteiger partial charge >= 0.3 is 0 Å². The van der Waals surface area contributed by atoms with E-state index in [0.29, 0.717) is 34.1 Å². The second kappa shape index (κ2) is 8.02. The maximum Gasteiger partial charge on any atom is 0.300 e. The molecule has 5 rings (SSSR count). The molecule has 7 nitrogen and oxygen atoms in total. The Labute approximate surface area is 190 Å². The third kappa shape index (κ3) is 3.38. The largest absolute Gasteiger partial charge is 0.507 e. The summed E-state index contributed by atoms with van der Waals surface area (Å²) in [5, 5.41) is 11.3. The molecule has 0 aromatic heterocycles. The molecule has 0 aliphatic carbocycles. The number of aliphatic hydroxyl groups is 1. The van der Waals surface area contributed by atoms with Crippen LogP contribution < -0.4 is 19.1 Å². The molecule has 1 fully saturated rings. The van der Waals surface area contributed by atoms with Crippen LogP contribution in [0, 0.1) is 6.92 Å². The molecule has 2 aliphatic heterocycles. The Hall–Kier alpha value is -4.26. The van der Waals surface area contributed by atoms with E-state index in [4.69, 9.17) is 14.2 Å². The summed E-state index contributed by atoms with van der Waals surface area (Å²) >= 11 is 0. The fraction of sp³-hybridized carbons (Fsp3) is 0.154. The zero-order valence-corrected chi connectivity index (χ0v) is 18.1. The summed E-state index contributed by atoms with van der Waals surface area (Å²) in [4.78, 5) is 28.0. The molecule has 1 N–H and O–H groups in total. The van der Waals surface area contributed by atoms with Crippen molar-refractivity contribution in [3.05, 3.63) is 89.0 Å². The van der Waals surface area contributed by atoms with Crippen molar-refractivity contribution in [2.75, 3.05) is 18.8 Å². The number of anilines is 1. The van der Waals surface area contributed by atoms with Gasteiger partial charge in [-0.05, 0) is 36.8 Å². The SMILES string of the molecule is COc1ccccc1/C(O)=C1\C(=O)C(=O)N(c2ccc3c(c2)OCO3)C1c1cccc(C)c1. The van der Waals surface area contributed by atoms with E-state index in [1.807, 2.05) is 31.2 Å². The van der Waals surface area contributed by atoms with Crippen LogP contribution in [-0.4, -0.2) is 30.7 Å². The molecule has 1 atom stereocenters. The Morgan fingerprint density at radius 3 is 2.58 bits per heavy atom. The number of amides is 1. The Kier molecular flexibility index (Phi) is 5.01. The standard InChI is InChI=1S/C26H21NO6/c1-15-6-5-7-16(12-15)23-22(24(28)18-8-3-4-9-19(18)31-2)25(29)26(30)27(23)17-10-11-20-21(13-17)33-14-32-20/h3-13,23,28H,14H2,1-2H3/b24-22+. The van der Waals surface area contributed by atoms with Gasteiger partial charge in [0.1, 0.15) is 11.5 Å². The highest BCUT2D eigenvalue weighted by molar-refractivity contribution is 6.51. The van der Waals surface area contributed by atoms with Crippen molar-refractivity contribution in [2.24, 2.45) is 0 Å². The number of rotatable bonds is 4. The molecule has 2 aliphatic rings. The first kappa shape index (κ1) is 20.6. The highest BCUT2D eigenvalue weighted by Crippen LogP contribution is 2.45. The van der Waals surface area contributed by atoms with Gasteiger partial charge in [-0.15, -0.1) is 0 Å². The first-order valence-electron chi connectivity index (χ1n) is 10.4. The number of benzene rings is 3. The molecule has 33 heavy (non-hydrogen) atoms. The van der Waals surface area contributed by atoms with Crippen LogP contribution in [0.1, 0.15) is 22.7 Å². The summed E-state index contributed by atoms with van der Waals surface area (Å²) in [5.41, 5.74) is 2.45.